The molecule has 0 spiro atoms. The monoisotopic (exact) mass is 284 g/mol. The number of nitrogens with zero attached hydrogens (tertiary/aromatic N) is 2. The number of halogens is 2. The van der Waals surface area contributed by atoms with Crippen LogP contribution in [-0.2, 0) is 11.2 Å². The molecule has 0 saturated carbocycles. The largest absolute Gasteiger partial charge is 0.340 e. The zero-order chi connectivity index (χ0) is 13.7. The van der Waals surface area contributed by atoms with E-state index in [2.05, 4.69) is 4.90 Å². The number of carbonyl (C=O) groups is 1. The van der Waals surface area contributed by atoms with Crippen molar-refractivity contribution in [1.29, 1.82) is 0 Å². The summed E-state index contributed by atoms with van der Waals surface area (Å²) in [6.45, 7) is 4.12. The van der Waals surface area contributed by atoms with Gasteiger partial charge in [-0.25, -0.2) is 4.39 Å². The molecule has 1 amide bonds. The highest BCUT2D eigenvalue weighted by Crippen LogP contribution is 2.08. The minimum atomic E-state index is -0.272. The Balaban J connectivity index is 1.83. The Bertz CT molecular complexity index is 416. The van der Waals surface area contributed by atoms with Crippen molar-refractivity contribution in [2.45, 2.75) is 6.42 Å². The average molecular weight is 285 g/mol. The number of carbonyl (C=O) groups excluding carboxylic acids is 1. The molecule has 1 saturated heterocycles. The van der Waals surface area contributed by atoms with Gasteiger partial charge in [0.2, 0.25) is 5.91 Å². The van der Waals surface area contributed by atoms with Gasteiger partial charge in [-0.3, -0.25) is 9.69 Å². The predicted molar refractivity (Wildman–Crippen MR) is 73.8 cm³/mol. The quantitative estimate of drug-likeness (QED) is 0.787. The maximum absolute atomic E-state index is 12.8. The molecule has 19 heavy (non-hydrogen) atoms. The van der Waals surface area contributed by atoms with Crippen molar-refractivity contribution in [3.8, 4) is 0 Å². The maximum Gasteiger partial charge on any atom is 0.227 e. The van der Waals surface area contributed by atoms with Crippen molar-refractivity contribution in [2.75, 3.05) is 38.6 Å². The van der Waals surface area contributed by atoms with Crippen LogP contribution >= 0.6 is 11.6 Å². The lowest BCUT2D eigenvalue weighted by atomic mass is 10.1. The molecule has 1 fully saturated rings. The van der Waals surface area contributed by atoms with Gasteiger partial charge >= 0.3 is 0 Å². The van der Waals surface area contributed by atoms with Crippen molar-refractivity contribution in [2.24, 2.45) is 0 Å². The number of alkyl halides is 1. The highest BCUT2D eigenvalue weighted by atomic mass is 35.5. The minimum Gasteiger partial charge on any atom is -0.340 e. The van der Waals surface area contributed by atoms with E-state index in [1.54, 1.807) is 12.1 Å². The van der Waals surface area contributed by atoms with E-state index < -0.39 is 0 Å². The van der Waals surface area contributed by atoms with Crippen molar-refractivity contribution >= 4 is 17.5 Å². The molecule has 104 valence electrons. The summed E-state index contributed by atoms with van der Waals surface area (Å²) in [6, 6.07) is 6.11. The van der Waals surface area contributed by atoms with Crippen LogP contribution in [-0.4, -0.2) is 54.3 Å². The Hall–Kier alpha value is -1.13. The molecule has 1 aliphatic rings. The van der Waals surface area contributed by atoms with Crippen LogP contribution in [0.3, 0.4) is 0 Å². The van der Waals surface area contributed by atoms with E-state index in [1.165, 1.54) is 12.1 Å². The number of rotatable bonds is 4. The first-order valence-corrected chi connectivity index (χ1v) is 7.03. The zero-order valence-electron chi connectivity index (χ0n) is 10.8. The molecular weight excluding hydrogens is 267 g/mol. The minimum absolute atomic E-state index is 0.108. The van der Waals surface area contributed by atoms with Gasteiger partial charge in [0.05, 0.1) is 6.42 Å². The summed E-state index contributed by atoms with van der Waals surface area (Å²) in [5, 5.41) is 0. The Labute approximate surface area is 117 Å². The Morgan fingerprint density at radius 2 is 1.79 bits per heavy atom. The number of benzene rings is 1. The van der Waals surface area contributed by atoms with Crippen molar-refractivity contribution in [3.63, 3.8) is 0 Å². The van der Waals surface area contributed by atoms with Crippen LogP contribution in [0, 0.1) is 5.82 Å². The van der Waals surface area contributed by atoms with Gasteiger partial charge in [0.15, 0.2) is 0 Å². The molecule has 1 aromatic carbocycles. The fraction of sp³-hybridized carbons (Fsp3) is 0.500. The van der Waals surface area contributed by atoms with Crippen molar-refractivity contribution in [1.82, 2.24) is 9.80 Å². The number of piperazine rings is 1. The number of hydrogen-bond donors (Lipinski definition) is 0. The molecule has 0 radical (unpaired) electrons. The smallest absolute Gasteiger partial charge is 0.227 e. The molecule has 5 heteroatoms. The maximum atomic E-state index is 12.8. The normalized spacial score (nSPS) is 16.6. The van der Waals surface area contributed by atoms with Crippen LogP contribution in [0.1, 0.15) is 5.56 Å². The van der Waals surface area contributed by atoms with E-state index >= 15 is 0 Å². The second-order valence-electron chi connectivity index (χ2n) is 4.71. The molecule has 1 aliphatic heterocycles. The fourth-order valence-corrected chi connectivity index (χ4v) is 2.47. The molecular formula is C14H18ClFN2O. The Morgan fingerprint density at radius 1 is 1.16 bits per heavy atom. The van der Waals surface area contributed by atoms with E-state index in [9.17, 15) is 9.18 Å². The van der Waals surface area contributed by atoms with Crippen LogP contribution in [0.25, 0.3) is 0 Å². The lowest BCUT2D eigenvalue weighted by molar-refractivity contribution is -0.132. The summed E-state index contributed by atoms with van der Waals surface area (Å²) >= 11 is 5.70. The molecule has 0 aliphatic carbocycles. The number of hydrogen-bond acceptors (Lipinski definition) is 2. The van der Waals surface area contributed by atoms with Gasteiger partial charge in [0.1, 0.15) is 5.82 Å². The van der Waals surface area contributed by atoms with Crippen LogP contribution in [0.2, 0.25) is 0 Å². The van der Waals surface area contributed by atoms with Gasteiger partial charge < -0.3 is 4.90 Å². The summed E-state index contributed by atoms with van der Waals surface area (Å²) in [7, 11) is 0. The summed E-state index contributed by atoms with van der Waals surface area (Å²) in [5.41, 5.74) is 0.856. The molecule has 1 aromatic rings. The second kappa shape index (κ2) is 6.87. The van der Waals surface area contributed by atoms with Gasteiger partial charge in [0, 0.05) is 38.6 Å². The SMILES string of the molecule is O=C(Cc1ccc(F)cc1)N1CCN(CCCl)CC1. The fourth-order valence-electron chi connectivity index (χ4n) is 2.23. The number of amides is 1. The second-order valence-corrected chi connectivity index (χ2v) is 5.09. The van der Waals surface area contributed by atoms with E-state index in [0.29, 0.717) is 12.3 Å². The van der Waals surface area contributed by atoms with Crippen molar-refractivity contribution in [3.05, 3.63) is 35.6 Å². The summed E-state index contributed by atoms with van der Waals surface area (Å²) < 4.78 is 12.8. The first kappa shape index (κ1) is 14.3. The Kier molecular flexibility index (Phi) is 5.16. The molecule has 0 bridgehead atoms. The van der Waals surface area contributed by atoms with Crippen molar-refractivity contribution < 1.29 is 9.18 Å². The Morgan fingerprint density at radius 3 is 2.37 bits per heavy atom. The van der Waals surface area contributed by atoms with Crippen LogP contribution in [0.5, 0.6) is 0 Å². The van der Waals surface area contributed by atoms with Gasteiger partial charge in [-0.05, 0) is 17.7 Å². The van der Waals surface area contributed by atoms with Crippen LogP contribution in [0.15, 0.2) is 24.3 Å². The van der Waals surface area contributed by atoms with Gasteiger partial charge in [-0.1, -0.05) is 12.1 Å². The molecule has 0 aromatic heterocycles. The molecule has 1 heterocycles. The van der Waals surface area contributed by atoms with E-state index in [4.69, 9.17) is 11.6 Å². The third-order valence-corrected chi connectivity index (χ3v) is 3.56. The van der Waals surface area contributed by atoms with E-state index in [1.807, 2.05) is 4.90 Å². The third-order valence-electron chi connectivity index (χ3n) is 3.39. The van der Waals surface area contributed by atoms with E-state index in [0.717, 1.165) is 38.3 Å². The lowest BCUT2D eigenvalue weighted by Gasteiger charge is -2.34. The van der Waals surface area contributed by atoms with Crippen LogP contribution in [0.4, 0.5) is 4.39 Å². The molecule has 0 N–H and O–H groups in total. The van der Waals surface area contributed by atoms with Gasteiger partial charge in [0.25, 0.3) is 0 Å². The summed E-state index contributed by atoms with van der Waals surface area (Å²) in [5.74, 6) is 0.465. The molecule has 0 atom stereocenters. The first-order chi connectivity index (χ1) is 9.19. The third kappa shape index (κ3) is 4.18. The van der Waals surface area contributed by atoms with Gasteiger partial charge in [-0.2, -0.15) is 0 Å². The highest BCUT2D eigenvalue weighted by Gasteiger charge is 2.20. The van der Waals surface area contributed by atoms with Crippen LogP contribution < -0.4 is 0 Å². The first-order valence-electron chi connectivity index (χ1n) is 6.49. The molecule has 2 rings (SSSR count). The average Bonchev–Trinajstić information content (AvgIpc) is 2.42. The van der Waals surface area contributed by atoms with Gasteiger partial charge in [-0.15, -0.1) is 11.6 Å². The highest BCUT2D eigenvalue weighted by molar-refractivity contribution is 6.18. The lowest BCUT2D eigenvalue weighted by Crippen LogP contribution is -2.49. The summed E-state index contributed by atoms with van der Waals surface area (Å²) in [4.78, 5) is 16.2. The molecule has 0 unspecified atom stereocenters. The predicted octanol–water partition coefficient (Wildman–Crippen LogP) is 1.75. The van der Waals surface area contributed by atoms with E-state index in [-0.39, 0.29) is 11.7 Å². The topological polar surface area (TPSA) is 23.6 Å². The molecule has 3 nitrogen and oxygen atoms in total. The standard InChI is InChI=1S/C14H18ClFN2O/c15-5-6-17-7-9-18(10-8-17)14(19)11-12-1-3-13(16)4-2-12/h1-4H,5-11H2. The summed E-state index contributed by atoms with van der Waals surface area (Å²) in [6.07, 6.45) is 0.343. The zero-order valence-corrected chi connectivity index (χ0v) is 11.6.